The van der Waals surface area contributed by atoms with Gasteiger partial charge in [0.1, 0.15) is 5.82 Å². The third-order valence-electron chi connectivity index (χ3n) is 4.18. The van der Waals surface area contributed by atoms with Gasteiger partial charge in [0.25, 0.3) is 0 Å². The maximum Gasteiger partial charge on any atom is 0.336 e. The van der Waals surface area contributed by atoms with E-state index in [4.69, 9.17) is 5.11 Å². The number of rotatable bonds is 3. The van der Waals surface area contributed by atoms with Crippen LogP contribution in [-0.4, -0.2) is 28.6 Å². The number of hydrogen-bond acceptors (Lipinski definition) is 2. The first-order chi connectivity index (χ1) is 8.99. The third kappa shape index (κ3) is 3.13. The van der Waals surface area contributed by atoms with E-state index in [9.17, 15) is 9.18 Å². The van der Waals surface area contributed by atoms with Crippen LogP contribution in [0.2, 0.25) is 0 Å². The Morgan fingerprint density at radius 3 is 2.89 bits per heavy atom. The summed E-state index contributed by atoms with van der Waals surface area (Å²) in [6.45, 7) is 5.82. The summed E-state index contributed by atoms with van der Waals surface area (Å²) >= 11 is 0. The predicted molar refractivity (Wildman–Crippen MR) is 71.6 cm³/mol. The van der Waals surface area contributed by atoms with Crippen molar-refractivity contribution in [3.8, 4) is 0 Å². The molecule has 3 nitrogen and oxygen atoms in total. The first kappa shape index (κ1) is 14.0. The van der Waals surface area contributed by atoms with E-state index in [1.54, 1.807) is 0 Å². The van der Waals surface area contributed by atoms with Gasteiger partial charge in [0.05, 0.1) is 5.56 Å². The molecule has 19 heavy (non-hydrogen) atoms. The lowest BCUT2D eigenvalue weighted by Gasteiger charge is -2.38. The Morgan fingerprint density at radius 2 is 2.21 bits per heavy atom. The van der Waals surface area contributed by atoms with Crippen molar-refractivity contribution in [2.24, 2.45) is 5.92 Å². The molecule has 1 N–H and O–H groups in total. The second-order valence-corrected chi connectivity index (χ2v) is 5.44. The van der Waals surface area contributed by atoms with Gasteiger partial charge in [0, 0.05) is 12.6 Å². The molecule has 1 aromatic carbocycles. The molecule has 0 amide bonds. The van der Waals surface area contributed by atoms with E-state index in [0.29, 0.717) is 24.1 Å². The number of carboxylic acids is 1. The van der Waals surface area contributed by atoms with Gasteiger partial charge < -0.3 is 5.11 Å². The van der Waals surface area contributed by atoms with Crippen LogP contribution in [0.5, 0.6) is 0 Å². The van der Waals surface area contributed by atoms with Crippen LogP contribution in [0.15, 0.2) is 18.2 Å². The average Bonchev–Trinajstić information content (AvgIpc) is 2.35. The summed E-state index contributed by atoms with van der Waals surface area (Å²) in [5, 5.41) is 9.16. The van der Waals surface area contributed by atoms with Crippen molar-refractivity contribution in [2.75, 3.05) is 6.54 Å². The lowest BCUT2D eigenvalue weighted by Crippen LogP contribution is -2.42. The highest BCUT2D eigenvalue weighted by molar-refractivity contribution is 5.89. The Kier molecular flexibility index (Phi) is 4.20. The van der Waals surface area contributed by atoms with Gasteiger partial charge in [0.15, 0.2) is 0 Å². The van der Waals surface area contributed by atoms with E-state index < -0.39 is 5.97 Å². The fourth-order valence-corrected chi connectivity index (χ4v) is 2.76. The summed E-state index contributed by atoms with van der Waals surface area (Å²) in [7, 11) is 0. The molecule has 1 aliphatic rings. The molecule has 2 rings (SSSR count). The zero-order valence-electron chi connectivity index (χ0n) is 11.4. The van der Waals surface area contributed by atoms with Gasteiger partial charge in [-0.25, -0.2) is 9.18 Å². The minimum Gasteiger partial charge on any atom is -0.478 e. The second kappa shape index (κ2) is 5.70. The highest BCUT2D eigenvalue weighted by Crippen LogP contribution is 2.25. The number of carbonyl (C=O) groups is 1. The molecule has 2 atom stereocenters. The smallest absolute Gasteiger partial charge is 0.336 e. The number of nitrogens with zero attached hydrogens (tertiary/aromatic N) is 1. The summed E-state index contributed by atoms with van der Waals surface area (Å²) in [5.74, 6) is -0.777. The number of carboxylic acid groups (broad SMARTS) is 1. The fourth-order valence-electron chi connectivity index (χ4n) is 2.76. The Morgan fingerprint density at radius 1 is 1.47 bits per heavy atom. The van der Waals surface area contributed by atoms with E-state index in [-0.39, 0.29) is 11.4 Å². The normalized spacial score (nSPS) is 24.4. The molecule has 104 valence electrons. The summed E-state index contributed by atoms with van der Waals surface area (Å²) in [6.07, 6.45) is 2.32. The summed E-state index contributed by atoms with van der Waals surface area (Å²) in [4.78, 5) is 13.4. The number of hydrogen-bond donors (Lipinski definition) is 1. The highest BCUT2D eigenvalue weighted by Gasteiger charge is 2.25. The molecule has 0 aliphatic carbocycles. The number of benzene rings is 1. The van der Waals surface area contributed by atoms with Crippen molar-refractivity contribution in [3.63, 3.8) is 0 Å². The molecule has 1 heterocycles. The molecule has 1 fully saturated rings. The number of piperidine rings is 1. The molecule has 1 aliphatic heterocycles. The number of aromatic carboxylic acids is 1. The molecule has 1 aromatic rings. The van der Waals surface area contributed by atoms with Crippen molar-refractivity contribution in [1.82, 2.24) is 4.90 Å². The van der Waals surface area contributed by atoms with Crippen molar-refractivity contribution < 1.29 is 14.3 Å². The van der Waals surface area contributed by atoms with Crippen LogP contribution in [-0.2, 0) is 6.54 Å². The topological polar surface area (TPSA) is 40.5 Å². The maximum absolute atomic E-state index is 13.3. The molecule has 2 unspecified atom stereocenters. The molecule has 0 saturated carbocycles. The Bertz CT molecular complexity index is 475. The van der Waals surface area contributed by atoms with Gasteiger partial charge in [0.2, 0.25) is 0 Å². The molecule has 4 heteroatoms. The van der Waals surface area contributed by atoms with E-state index >= 15 is 0 Å². The summed E-state index contributed by atoms with van der Waals surface area (Å²) in [5.41, 5.74) is 0.764. The third-order valence-corrected chi connectivity index (χ3v) is 4.18. The molecule has 0 bridgehead atoms. The number of halogens is 1. The first-order valence-corrected chi connectivity index (χ1v) is 6.75. The molecular weight excluding hydrogens is 245 g/mol. The van der Waals surface area contributed by atoms with Gasteiger partial charge in [-0.3, -0.25) is 4.90 Å². The first-order valence-electron chi connectivity index (χ1n) is 6.75. The van der Waals surface area contributed by atoms with Crippen LogP contribution < -0.4 is 0 Å². The van der Waals surface area contributed by atoms with E-state index in [2.05, 4.69) is 18.7 Å². The SMILES string of the molecule is CC1CCCN(Cc2cc(F)ccc2C(=O)O)C1C. The van der Waals surface area contributed by atoms with Crippen LogP contribution in [0.3, 0.4) is 0 Å². The van der Waals surface area contributed by atoms with Gasteiger partial charge in [-0.05, 0) is 56.0 Å². The average molecular weight is 265 g/mol. The maximum atomic E-state index is 13.3. The lowest BCUT2D eigenvalue weighted by molar-refractivity contribution is 0.0689. The Balaban J connectivity index is 2.22. The van der Waals surface area contributed by atoms with Crippen LogP contribution in [0.1, 0.15) is 42.6 Å². The van der Waals surface area contributed by atoms with Gasteiger partial charge in [-0.15, -0.1) is 0 Å². The Hall–Kier alpha value is -1.42. The molecule has 1 saturated heterocycles. The van der Waals surface area contributed by atoms with Crippen LogP contribution in [0.4, 0.5) is 4.39 Å². The number of likely N-dealkylation sites (tertiary alicyclic amines) is 1. The molecule has 0 aromatic heterocycles. The lowest BCUT2D eigenvalue weighted by atomic mass is 9.91. The van der Waals surface area contributed by atoms with Crippen LogP contribution >= 0.6 is 0 Å². The van der Waals surface area contributed by atoms with Crippen LogP contribution in [0.25, 0.3) is 0 Å². The molecule has 0 spiro atoms. The monoisotopic (exact) mass is 265 g/mol. The van der Waals surface area contributed by atoms with Crippen molar-refractivity contribution in [2.45, 2.75) is 39.3 Å². The molecule has 0 radical (unpaired) electrons. The minimum atomic E-state index is -0.993. The minimum absolute atomic E-state index is 0.201. The van der Waals surface area contributed by atoms with Gasteiger partial charge >= 0.3 is 5.97 Å². The van der Waals surface area contributed by atoms with Gasteiger partial charge in [-0.2, -0.15) is 0 Å². The fraction of sp³-hybridized carbons (Fsp3) is 0.533. The second-order valence-electron chi connectivity index (χ2n) is 5.44. The zero-order valence-corrected chi connectivity index (χ0v) is 11.4. The van der Waals surface area contributed by atoms with Crippen LogP contribution in [0, 0.1) is 11.7 Å². The predicted octanol–water partition coefficient (Wildman–Crippen LogP) is 3.14. The van der Waals surface area contributed by atoms with Crippen molar-refractivity contribution in [3.05, 3.63) is 35.1 Å². The largest absolute Gasteiger partial charge is 0.478 e. The zero-order chi connectivity index (χ0) is 14.0. The van der Waals surface area contributed by atoms with E-state index in [0.717, 1.165) is 13.0 Å². The van der Waals surface area contributed by atoms with E-state index in [1.165, 1.54) is 24.6 Å². The molecular formula is C15H20FNO2. The summed E-state index contributed by atoms with van der Waals surface area (Å²) in [6, 6.07) is 4.30. The van der Waals surface area contributed by atoms with Gasteiger partial charge in [-0.1, -0.05) is 6.92 Å². The Labute approximate surface area is 113 Å². The van der Waals surface area contributed by atoms with E-state index in [1.807, 2.05) is 0 Å². The summed E-state index contributed by atoms with van der Waals surface area (Å²) < 4.78 is 13.3. The standard InChI is InChI=1S/C15H20FNO2/c1-10-4-3-7-17(11(10)2)9-12-8-13(16)5-6-14(12)15(18)19/h5-6,8,10-11H,3-4,7,9H2,1-2H3,(H,18,19). The quantitative estimate of drug-likeness (QED) is 0.912. The van der Waals surface area contributed by atoms with Crippen molar-refractivity contribution in [1.29, 1.82) is 0 Å². The highest BCUT2D eigenvalue weighted by atomic mass is 19.1. The van der Waals surface area contributed by atoms with Crippen molar-refractivity contribution >= 4 is 5.97 Å².